The zero-order chi connectivity index (χ0) is 18.2. The Morgan fingerprint density at radius 1 is 1.19 bits per heavy atom. The molecule has 27 heavy (non-hydrogen) atoms. The lowest BCUT2D eigenvalue weighted by molar-refractivity contribution is 0.122. The van der Waals surface area contributed by atoms with Crippen molar-refractivity contribution in [3.05, 3.63) is 59.8 Å². The van der Waals surface area contributed by atoms with Crippen molar-refractivity contribution in [3.8, 4) is 0 Å². The van der Waals surface area contributed by atoms with Gasteiger partial charge in [0.1, 0.15) is 5.82 Å². The second-order valence-corrected chi connectivity index (χ2v) is 6.29. The van der Waals surface area contributed by atoms with Crippen molar-refractivity contribution in [1.82, 2.24) is 15.6 Å². The number of ether oxygens (including phenoxy) is 1. The summed E-state index contributed by atoms with van der Waals surface area (Å²) in [5, 5.41) is 6.84. The Morgan fingerprint density at radius 3 is 2.63 bits per heavy atom. The standard InChI is InChI=1S/C20H27N5O.HI/c1-16(17-7-4-3-5-8-17)24-20(21-2)23-15-18-9-6-10-22-19(18)25-11-13-26-14-12-25;/h3-10,16H,11-15H2,1-2H3,(H2,21,23,24);1H. The molecule has 0 radical (unpaired) electrons. The highest BCUT2D eigenvalue weighted by Gasteiger charge is 2.16. The smallest absolute Gasteiger partial charge is 0.191 e. The molecule has 0 bridgehead atoms. The van der Waals surface area contributed by atoms with Crippen molar-refractivity contribution in [3.63, 3.8) is 0 Å². The van der Waals surface area contributed by atoms with Crippen LogP contribution in [0.3, 0.4) is 0 Å². The van der Waals surface area contributed by atoms with Crippen LogP contribution < -0.4 is 15.5 Å². The number of nitrogens with zero attached hydrogens (tertiary/aromatic N) is 3. The number of aliphatic imine (C=N–C) groups is 1. The van der Waals surface area contributed by atoms with Crippen molar-refractivity contribution >= 4 is 35.8 Å². The minimum Gasteiger partial charge on any atom is -0.378 e. The molecule has 1 atom stereocenters. The first-order valence-corrected chi connectivity index (χ1v) is 9.06. The van der Waals surface area contributed by atoms with Crippen LogP contribution >= 0.6 is 24.0 Å². The maximum atomic E-state index is 5.45. The van der Waals surface area contributed by atoms with Gasteiger partial charge in [-0.05, 0) is 18.6 Å². The van der Waals surface area contributed by atoms with Gasteiger partial charge in [0.25, 0.3) is 0 Å². The summed E-state index contributed by atoms with van der Waals surface area (Å²) in [6, 6.07) is 14.6. The van der Waals surface area contributed by atoms with Gasteiger partial charge in [-0.3, -0.25) is 4.99 Å². The molecule has 0 amide bonds. The molecule has 0 spiro atoms. The molecular weight excluding hydrogens is 453 g/mol. The summed E-state index contributed by atoms with van der Waals surface area (Å²) in [6.07, 6.45) is 1.85. The zero-order valence-electron chi connectivity index (χ0n) is 15.9. The van der Waals surface area contributed by atoms with Gasteiger partial charge in [-0.25, -0.2) is 4.98 Å². The number of nitrogens with one attached hydrogen (secondary N) is 2. The highest BCUT2D eigenvalue weighted by atomic mass is 127. The predicted octanol–water partition coefficient (Wildman–Crippen LogP) is 2.96. The van der Waals surface area contributed by atoms with E-state index in [1.54, 1.807) is 7.05 Å². The maximum absolute atomic E-state index is 5.45. The van der Waals surface area contributed by atoms with Gasteiger partial charge in [0.05, 0.1) is 19.3 Å². The molecule has 1 aromatic heterocycles. The van der Waals surface area contributed by atoms with Crippen LogP contribution in [-0.2, 0) is 11.3 Å². The van der Waals surface area contributed by atoms with Crippen molar-refractivity contribution < 1.29 is 4.74 Å². The molecule has 2 N–H and O–H groups in total. The summed E-state index contributed by atoms with van der Waals surface area (Å²) in [5.41, 5.74) is 2.38. The van der Waals surface area contributed by atoms with Crippen molar-refractivity contribution in [2.75, 3.05) is 38.3 Å². The van der Waals surface area contributed by atoms with Gasteiger partial charge in [-0.2, -0.15) is 0 Å². The molecule has 1 aromatic carbocycles. The van der Waals surface area contributed by atoms with E-state index in [1.165, 1.54) is 5.56 Å². The van der Waals surface area contributed by atoms with E-state index in [4.69, 9.17) is 4.74 Å². The molecule has 1 aliphatic rings. The molecule has 6 nitrogen and oxygen atoms in total. The van der Waals surface area contributed by atoms with E-state index in [0.717, 1.165) is 43.6 Å². The minimum absolute atomic E-state index is 0. The molecule has 1 fully saturated rings. The first-order valence-electron chi connectivity index (χ1n) is 9.06. The van der Waals surface area contributed by atoms with E-state index in [0.29, 0.717) is 6.54 Å². The van der Waals surface area contributed by atoms with Crippen molar-refractivity contribution in [1.29, 1.82) is 0 Å². The minimum atomic E-state index is 0. The lowest BCUT2D eigenvalue weighted by Crippen LogP contribution is -2.40. The fourth-order valence-electron chi connectivity index (χ4n) is 3.03. The summed E-state index contributed by atoms with van der Waals surface area (Å²) in [6.45, 7) is 6.06. The molecule has 7 heteroatoms. The van der Waals surface area contributed by atoms with Crippen LogP contribution in [0.25, 0.3) is 0 Å². The number of guanidine groups is 1. The molecule has 1 aliphatic heterocycles. The Hall–Kier alpha value is -1.87. The Morgan fingerprint density at radius 2 is 1.93 bits per heavy atom. The number of anilines is 1. The summed E-state index contributed by atoms with van der Waals surface area (Å²) in [7, 11) is 1.79. The van der Waals surface area contributed by atoms with Crippen LogP contribution in [0.15, 0.2) is 53.7 Å². The third-order valence-corrected chi connectivity index (χ3v) is 4.50. The van der Waals surface area contributed by atoms with Crippen LogP contribution in [0.1, 0.15) is 24.1 Å². The number of halogens is 1. The lowest BCUT2D eigenvalue weighted by Gasteiger charge is -2.29. The van der Waals surface area contributed by atoms with Crippen molar-refractivity contribution in [2.45, 2.75) is 19.5 Å². The predicted molar refractivity (Wildman–Crippen MR) is 121 cm³/mol. The van der Waals surface area contributed by atoms with Gasteiger partial charge in [-0.1, -0.05) is 36.4 Å². The Balaban J connectivity index is 0.00000261. The van der Waals surface area contributed by atoms with Gasteiger partial charge >= 0.3 is 0 Å². The van der Waals surface area contributed by atoms with E-state index >= 15 is 0 Å². The van der Waals surface area contributed by atoms with Crippen LogP contribution in [0.5, 0.6) is 0 Å². The molecule has 1 saturated heterocycles. The third kappa shape index (κ3) is 6.07. The van der Waals surface area contributed by atoms with Crippen LogP contribution in [-0.4, -0.2) is 44.3 Å². The number of hydrogen-bond donors (Lipinski definition) is 2. The second-order valence-electron chi connectivity index (χ2n) is 6.29. The van der Waals surface area contributed by atoms with E-state index in [-0.39, 0.29) is 30.0 Å². The lowest BCUT2D eigenvalue weighted by atomic mass is 10.1. The molecule has 3 rings (SSSR count). The summed E-state index contributed by atoms with van der Waals surface area (Å²) in [5.74, 6) is 1.80. The number of benzene rings is 1. The van der Waals surface area contributed by atoms with Gasteiger partial charge in [0, 0.05) is 38.4 Å². The van der Waals surface area contributed by atoms with Crippen LogP contribution in [0.2, 0.25) is 0 Å². The van der Waals surface area contributed by atoms with E-state index in [9.17, 15) is 0 Å². The zero-order valence-corrected chi connectivity index (χ0v) is 18.2. The van der Waals surface area contributed by atoms with E-state index in [2.05, 4.69) is 50.6 Å². The number of rotatable bonds is 5. The summed E-state index contributed by atoms with van der Waals surface area (Å²) in [4.78, 5) is 11.2. The highest BCUT2D eigenvalue weighted by molar-refractivity contribution is 14.0. The fourth-order valence-corrected chi connectivity index (χ4v) is 3.03. The number of aromatic nitrogens is 1. The first kappa shape index (κ1) is 21.4. The van der Waals surface area contributed by atoms with Gasteiger partial charge < -0.3 is 20.3 Å². The number of morpholine rings is 1. The van der Waals surface area contributed by atoms with Gasteiger partial charge in [0.15, 0.2) is 5.96 Å². The SMILES string of the molecule is CN=C(NCc1cccnc1N1CCOCC1)NC(C)c1ccccc1.I. The first-order chi connectivity index (χ1) is 12.8. The topological polar surface area (TPSA) is 61.8 Å². The Bertz CT molecular complexity index is 719. The Kier molecular flexibility index (Phi) is 8.80. The quantitative estimate of drug-likeness (QED) is 0.391. The maximum Gasteiger partial charge on any atom is 0.191 e. The summed E-state index contributed by atoms with van der Waals surface area (Å²) >= 11 is 0. The van der Waals surface area contributed by atoms with Crippen molar-refractivity contribution in [2.24, 2.45) is 4.99 Å². The fraction of sp³-hybridized carbons (Fsp3) is 0.400. The number of pyridine rings is 1. The largest absolute Gasteiger partial charge is 0.378 e. The number of hydrogen-bond acceptors (Lipinski definition) is 4. The molecule has 0 aliphatic carbocycles. The second kappa shape index (κ2) is 11.1. The monoisotopic (exact) mass is 481 g/mol. The van der Waals surface area contributed by atoms with Crippen LogP contribution in [0, 0.1) is 0 Å². The summed E-state index contributed by atoms with van der Waals surface area (Å²) < 4.78 is 5.45. The third-order valence-electron chi connectivity index (χ3n) is 4.50. The molecule has 146 valence electrons. The van der Waals surface area contributed by atoms with Crippen LogP contribution in [0.4, 0.5) is 5.82 Å². The molecule has 2 aromatic rings. The molecular formula is C20H28IN5O. The normalized spacial score (nSPS) is 15.6. The molecule has 1 unspecified atom stereocenters. The Labute approximate surface area is 178 Å². The highest BCUT2D eigenvalue weighted by Crippen LogP contribution is 2.18. The molecule has 2 heterocycles. The van der Waals surface area contributed by atoms with E-state index in [1.807, 2.05) is 30.5 Å². The average Bonchev–Trinajstić information content (AvgIpc) is 2.72. The van der Waals surface area contributed by atoms with Gasteiger partial charge in [-0.15, -0.1) is 24.0 Å². The van der Waals surface area contributed by atoms with Gasteiger partial charge in [0.2, 0.25) is 0 Å². The van der Waals surface area contributed by atoms with E-state index < -0.39 is 0 Å². The molecule has 0 saturated carbocycles. The average molecular weight is 481 g/mol.